The molecule has 1 aliphatic carbocycles. The summed E-state index contributed by atoms with van der Waals surface area (Å²) in [7, 11) is 0. The maximum atomic E-state index is 12.4. The molecule has 0 spiro atoms. The lowest BCUT2D eigenvalue weighted by Crippen LogP contribution is -2.46. The fourth-order valence-corrected chi connectivity index (χ4v) is 3.07. The van der Waals surface area contributed by atoms with E-state index in [-0.39, 0.29) is 17.2 Å². The molecule has 2 atom stereocenters. The van der Waals surface area contributed by atoms with E-state index in [4.69, 9.17) is 5.73 Å². The average molecular weight is 274 g/mol. The number of nitrogens with two attached hydrogens (primary N) is 1. The minimum atomic E-state index is -0.131. The highest BCUT2D eigenvalue weighted by Crippen LogP contribution is 2.37. The van der Waals surface area contributed by atoms with E-state index in [0.717, 1.165) is 12.8 Å². The van der Waals surface area contributed by atoms with Crippen molar-refractivity contribution in [1.82, 2.24) is 5.32 Å². The van der Waals surface area contributed by atoms with Gasteiger partial charge >= 0.3 is 0 Å². The van der Waals surface area contributed by atoms with Crippen molar-refractivity contribution in [3.05, 3.63) is 35.9 Å². The molecule has 0 aliphatic heterocycles. The van der Waals surface area contributed by atoms with Crippen molar-refractivity contribution in [1.29, 1.82) is 0 Å². The van der Waals surface area contributed by atoms with Gasteiger partial charge in [0.05, 0.1) is 5.92 Å². The number of benzene rings is 1. The molecule has 1 amide bonds. The van der Waals surface area contributed by atoms with Crippen LogP contribution in [0.15, 0.2) is 30.3 Å². The van der Waals surface area contributed by atoms with Crippen molar-refractivity contribution in [3.63, 3.8) is 0 Å². The van der Waals surface area contributed by atoms with Crippen LogP contribution in [0, 0.1) is 11.3 Å². The second-order valence-electron chi connectivity index (χ2n) is 6.56. The Kier molecular flexibility index (Phi) is 4.81. The summed E-state index contributed by atoms with van der Waals surface area (Å²) in [6.07, 6.45) is 4.19. The third kappa shape index (κ3) is 3.60. The van der Waals surface area contributed by atoms with Crippen LogP contribution in [0.1, 0.15) is 38.7 Å². The Balaban J connectivity index is 1.96. The van der Waals surface area contributed by atoms with Crippen LogP contribution in [0.2, 0.25) is 0 Å². The number of carbonyl (C=O) groups is 1. The van der Waals surface area contributed by atoms with Gasteiger partial charge in [0.2, 0.25) is 5.91 Å². The summed E-state index contributed by atoms with van der Waals surface area (Å²) in [5, 5.41) is 3.22. The van der Waals surface area contributed by atoms with E-state index in [1.165, 1.54) is 18.4 Å². The molecule has 0 aromatic heterocycles. The summed E-state index contributed by atoms with van der Waals surface area (Å²) in [5.41, 5.74) is 7.18. The lowest BCUT2D eigenvalue weighted by molar-refractivity contribution is -0.126. The summed E-state index contributed by atoms with van der Waals surface area (Å²) in [6, 6.07) is 10.4. The molecule has 1 fully saturated rings. The molecule has 1 saturated carbocycles. The second-order valence-corrected chi connectivity index (χ2v) is 6.56. The van der Waals surface area contributed by atoms with Crippen LogP contribution in [0.4, 0.5) is 0 Å². The molecule has 3 heteroatoms. The van der Waals surface area contributed by atoms with Crippen LogP contribution >= 0.6 is 0 Å². The van der Waals surface area contributed by atoms with Crippen molar-refractivity contribution >= 4 is 5.91 Å². The van der Waals surface area contributed by atoms with E-state index in [1.807, 2.05) is 18.2 Å². The zero-order valence-corrected chi connectivity index (χ0v) is 12.6. The summed E-state index contributed by atoms with van der Waals surface area (Å²) in [6.45, 7) is 4.87. The zero-order valence-electron chi connectivity index (χ0n) is 12.6. The van der Waals surface area contributed by atoms with Crippen molar-refractivity contribution in [2.75, 3.05) is 6.54 Å². The number of hydrogen-bond donors (Lipinski definition) is 2. The van der Waals surface area contributed by atoms with Crippen LogP contribution in [-0.2, 0) is 11.2 Å². The molecule has 3 N–H and O–H groups in total. The van der Waals surface area contributed by atoms with Gasteiger partial charge in [0.1, 0.15) is 0 Å². The van der Waals surface area contributed by atoms with Gasteiger partial charge in [-0.05, 0) is 30.2 Å². The number of nitrogens with one attached hydrogen (secondary N) is 1. The third-order valence-corrected chi connectivity index (χ3v) is 4.55. The minimum absolute atomic E-state index is 0.108. The first-order valence-corrected chi connectivity index (χ1v) is 7.57. The Morgan fingerprint density at radius 3 is 2.65 bits per heavy atom. The summed E-state index contributed by atoms with van der Waals surface area (Å²) >= 11 is 0. The molecule has 0 bridgehead atoms. The highest BCUT2D eigenvalue weighted by Gasteiger charge is 2.36. The Labute approximate surface area is 121 Å². The van der Waals surface area contributed by atoms with Crippen LogP contribution in [0.25, 0.3) is 0 Å². The number of hydrogen-bond acceptors (Lipinski definition) is 2. The molecule has 1 aliphatic rings. The maximum absolute atomic E-state index is 12.4. The highest BCUT2D eigenvalue weighted by atomic mass is 16.2. The van der Waals surface area contributed by atoms with Gasteiger partial charge in [0.25, 0.3) is 0 Å². The fourth-order valence-electron chi connectivity index (χ4n) is 3.07. The molecule has 0 radical (unpaired) electrons. The molecule has 1 aromatic rings. The van der Waals surface area contributed by atoms with Gasteiger partial charge in [-0.2, -0.15) is 0 Å². The van der Waals surface area contributed by atoms with Gasteiger partial charge in [-0.3, -0.25) is 4.79 Å². The quantitative estimate of drug-likeness (QED) is 0.866. The maximum Gasteiger partial charge on any atom is 0.224 e. The molecule has 110 valence electrons. The first-order valence-electron chi connectivity index (χ1n) is 7.57. The van der Waals surface area contributed by atoms with Gasteiger partial charge in [-0.1, -0.05) is 50.6 Å². The van der Waals surface area contributed by atoms with E-state index < -0.39 is 0 Å². The monoisotopic (exact) mass is 274 g/mol. The van der Waals surface area contributed by atoms with Crippen molar-refractivity contribution in [2.24, 2.45) is 17.1 Å². The predicted molar refractivity (Wildman–Crippen MR) is 82.3 cm³/mol. The lowest BCUT2D eigenvalue weighted by Gasteiger charge is -2.29. The average Bonchev–Trinajstić information content (AvgIpc) is 2.76. The number of amides is 1. The standard InChI is InChI=1S/C17H26N2O/c1-17(2)10-6-9-15(17)19-16(20)14(12-18)11-13-7-4-3-5-8-13/h3-5,7-8,14-15H,6,9-12,18H2,1-2H3,(H,19,20). The van der Waals surface area contributed by atoms with Crippen molar-refractivity contribution in [3.8, 4) is 0 Å². The molecule has 2 rings (SSSR count). The smallest absolute Gasteiger partial charge is 0.224 e. The van der Waals surface area contributed by atoms with E-state index >= 15 is 0 Å². The molecule has 0 saturated heterocycles. The van der Waals surface area contributed by atoms with Gasteiger partial charge in [-0.25, -0.2) is 0 Å². The van der Waals surface area contributed by atoms with Gasteiger partial charge in [0, 0.05) is 12.6 Å². The molecule has 1 aromatic carbocycles. The van der Waals surface area contributed by atoms with Gasteiger partial charge in [-0.15, -0.1) is 0 Å². The Morgan fingerprint density at radius 1 is 1.40 bits per heavy atom. The fraction of sp³-hybridized carbons (Fsp3) is 0.588. The number of carbonyl (C=O) groups excluding carboxylic acids is 1. The van der Waals surface area contributed by atoms with Gasteiger partial charge in [0.15, 0.2) is 0 Å². The molecule has 20 heavy (non-hydrogen) atoms. The SMILES string of the molecule is CC1(C)CCCC1NC(=O)C(CN)Cc1ccccc1. The summed E-state index contributed by atoms with van der Waals surface area (Å²) in [4.78, 5) is 12.4. The normalized spacial score (nSPS) is 22.4. The lowest BCUT2D eigenvalue weighted by atomic mass is 9.87. The minimum Gasteiger partial charge on any atom is -0.353 e. The predicted octanol–water partition coefficient (Wildman–Crippen LogP) is 2.50. The van der Waals surface area contributed by atoms with E-state index in [1.54, 1.807) is 0 Å². The van der Waals surface area contributed by atoms with Crippen molar-refractivity contribution in [2.45, 2.75) is 45.6 Å². The van der Waals surface area contributed by atoms with E-state index in [9.17, 15) is 4.79 Å². The molecular weight excluding hydrogens is 248 g/mol. The summed E-state index contributed by atoms with van der Waals surface area (Å²) in [5.74, 6) is -0.0230. The molecule has 2 unspecified atom stereocenters. The topological polar surface area (TPSA) is 55.1 Å². The zero-order chi connectivity index (χ0) is 14.6. The molecular formula is C17H26N2O. The van der Waals surface area contributed by atoms with E-state index in [2.05, 4.69) is 31.3 Å². The van der Waals surface area contributed by atoms with Gasteiger partial charge < -0.3 is 11.1 Å². The van der Waals surface area contributed by atoms with E-state index in [0.29, 0.717) is 12.6 Å². The molecule has 3 nitrogen and oxygen atoms in total. The van der Waals surface area contributed by atoms with Crippen LogP contribution < -0.4 is 11.1 Å². The largest absolute Gasteiger partial charge is 0.353 e. The second kappa shape index (κ2) is 6.40. The molecule has 0 heterocycles. The Bertz CT molecular complexity index is 442. The highest BCUT2D eigenvalue weighted by molar-refractivity contribution is 5.79. The summed E-state index contributed by atoms with van der Waals surface area (Å²) < 4.78 is 0. The van der Waals surface area contributed by atoms with Crippen LogP contribution in [0.5, 0.6) is 0 Å². The Hall–Kier alpha value is -1.35. The van der Waals surface area contributed by atoms with Crippen LogP contribution in [0.3, 0.4) is 0 Å². The number of rotatable bonds is 5. The van der Waals surface area contributed by atoms with Crippen LogP contribution in [-0.4, -0.2) is 18.5 Å². The van der Waals surface area contributed by atoms with Crippen molar-refractivity contribution < 1.29 is 4.79 Å². The first kappa shape index (κ1) is 15.0. The first-order chi connectivity index (χ1) is 9.53. The Morgan fingerprint density at radius 2 is 2.10 bits per heavy atom. The third-order valence-electron chi connectivity index (χ3n) is 4.55.